The number of aromatic nitrogens is 1. The molecule has 1 saturated carbocycles. The standard InChI is InChI=1S/C16H19N3O2/c17-13-7-15(19(9-13)14-5-6-14)16(21)18-8-11-1-3-12(10-20)4-2-11/h1-4,7,9,14,20H,5-6,8,10,17H2,(H,18,21). The maximum Gasteiger partial charge on any atom is 0.268 e. The van der Waals surface area contributed by atoms with E-state index in [-0.39, 0.29) is 12.5 Å². The van der Waals surface area contributed by atoms with Crippen molar-refractivity contribution in [1.82, 2.24) is 9.88 Å². The van der Waals surface area contributed by atoms with E-state index in [0.717, 1.165) is 24.0 Å². The molecular weight excluding hydrogens is 266 g/mol. The highest BCUT2D eigenvalue weighted by Gasteiger charge is 2.27. The third-order valence-corrected chi connectivity index (χ3v) is 3.70. The van der Waals surface area contributed by atoms with Gasteiger partial charge in [-0.15, -0.1) is 0 Å². The number of anilines is 1. The molecule has 0 spiro atoms. The van der Waals surface area contributed by atoms with E-state index in [1.54, 1.807) is 6.07 Å². The predicted octanol–water partition coefficient (Wildman–Crippen LogP) is 1.83. The van der Waals surface area contributed by atoms with Crippen LogP contribution in [0.1, 0.15) is 40.5 Å². The molecule has 5 heteroatoms. The summed E-state index contributed by atoms with van der Waals surface area (Å²) < 4.78 is 1.97. The van der Waals surface area contributed by atoms with Crippen LogP contribution in [-0.2, 0) is 13.2 Å². The van der Waals surface area contributed by atoms with Crippen molar-refractivity contribution >= 4 is 11.6 Å². The quantitative estimate of drug-likeness (QED) is 0.784. The second-order valence-electron chi connectivity index (χ2n) is 5.45. The predicted molar refractivity (Wildman–Crippen MR) is 80.7 cm³/mol. The zero-order chi connectivity index (χ0) is 14.8. The van der Waals surface area contributed by atoms with E-state index in [0.29, 0.717) is 24.0 Å². The van der Waals surface area contributed by atoms with Gasteiger partial charge in [-0.05, 0) is 30.0 Å². The lowest BCUT2D eigenvalue weighted by atomic mass is 10.1. The summed E-state index contributed by atoms with van der Waals surface area (Å²) in [7, 11) is 0. The van der Waals surface area contributed by atoms with Gasteiger partial charge in [0.15, 0.2) is 0 Å². The topological polar surface area (TPSA) is 80.3 Å². The molecule has 4 N–H and O–H groups in total. The van der Waals surface area contributed by atoms with Gasteiger partial charge in [-0.2, -0.15) is 0 Å². The Labute approximate surface area is 123 Å². The van der Waals surface area contributed by atoms with E-state index < -0.39 is 0 Å². The third-order valence-electron chi connectivity index (χ3n) is 3.70. The van der Waals surface area contributed by atoms with E-state index in [9.17, 15) is 4.79 Å². The van der Waals surface area contributed by atoms with Crippen molar-refractivity contribution in [3.05, 3.63) is 53.3 Å². The van der Waals surface area contributed by atoms with Gasteiger partial charge in [-0.1, -0.05) is 24.3 Å². The molecule has 1 aromatic carbocycles. The molecule has 0 aliphatic heterocycles. The molecule has 5 nitrogen and oxygen atoms in total. The zero-order valence-electron chi connectivity index (χ0n) is 11.7. The van der Waals surface area contributed by atoms with Gasteiger partial charge in [-0.3, -0.25) is 4.79 Å². The second kappa shape index (κ2) is 5.61. The van der Waals surface area contributed by atoms with Crippen LogP contribution in [0, 0.1) is 0 Å². The van der Waals surface area contributed by atoms with Crippen molar-refractivity contribution in [3.63, 3.8) is 0 Å². The average Bonchev–Trinajstić information content (AvgIpc) is 3.27. The first-order valence-corrected chi connectivity index (χ1v) is 7.11. The number of benzene rings is 1. The van der Waals surface area contributed by atoms with E-state index in [1.807, 2.05) is 35.0 Å². The van der Waals surface area contributed by atoms with Crippen LogP contribution >= 0.6 is 0 Å². The molecule has 1 heterocycles. The van der Waals surface area contributed by atoms with Crippen LogP contribution in [-0.4, -0.2) is 15.6 Å². The van der Waals surface area contributed by atoms with Crippen LogP contribution in [0.5, 0.6) is 0 Å². The molecule has 0 unspecified atom stereocenters. The molecule has 110 valence electrons. The van der Waals surface area contributed by atoms with Gasteiger partial charge in [0, 0.05) is 18.8 Å². The Hall–Kier alpha value is -2.27. The van der Waals surface area contributed by atoms with Gasteiger partial charge in [0.25, 0.3) is 5.91 Å². The molecule has 1 aromatic heterocycles. The highest BCUT2D eigenvalue weighted by Crippen LogP contribution is 2.37. The Morgan fingerprint density at radius 2 is 1.95 bits per heavy atom. The van der Waals surface area contributed by atoms with E-state index >= 15 is 0 Å². The highest BCUT2D eigenvalue weighted by atomic mass is 16.3. The fourth-order valence-electron chi connectivity index (χ4n) is 2.37. The number of carbonyl (C=O) groups excluding carboxylic acids is 1. The van der Waals surface area contributed by atoms with E-state index in [4.69, 9.17) is 10.8 Å². The lowest BCUT2D eigenvalue weighted by Gasteiger charge is -2.09. The first-order valence-electron chi connectivity index (χ1n) is 7.11. The first kappa shape index (κ1) is 13.7. The number of hydrogen-bond donors (Lipinski definition) is 3. The Kier molecular flexibility index (Phi) is 3.66. The summed E-state index contributed by atoms with van der Waals surface area (Å²) in [5, 5.41) is 11.9. The van der Waals surface area contributed by atoms with Crippen molar-refractivity contribution in [3.8, 4) is 0 Å². The molecular formula is C16H19N3O2. The molecule has 2 aromatic rings. The van der Waals surface area contributed by atoms with E-state index in [2.05, 4.69) is 5.32 Å². The number of aliphatic hydroxyl groups excluding tert-OH is 1. The Bertz CT molecular complexity index is 642. The van der Waals surface area contributed by atoms with Crippen LogP contribution in [0.3, 0.4) is 0 Å². The van der Waals surface area contributed by atoms with Crippen LogP contribution in [0.4, 0.5) is 5.69 Å². The summed E-state index contributed by atoms with van der Waals surface area (Å²) in [5.41, 5.74) is 8.91. The molecule has 1 aliphatic rings. The Morgan fingerprint density at radius 1 is 1.29 bits per heavy atom. The van der Waals surface area contributed by atoms with Gasteiger partial charge in [0.05, 0.1) is 12.3 Å². The Morgan fingerprint density at radius 3 is 2.57 bits per heavy atom. The highest BCUT2D eigenvalue weighted by molar-refractivity contribution is 5.93. The number of hydrogen-bond acceptors (Lipinski definition) is 3. The van der Waals surface area contributed by atoms with Crippen molar-refractivity contribution in [2.75, 3.05) is 5.73 Å². The van der Waals surface area contributed by atoms with Gasteiger partial charge < -0.3 is 20.7 Å². The number of aliphatic hydroxyl groups is 1. The molecule has 1 aliphatic carbocycles. The molecule has 0 saturated heterocycles. The van der Waals surface area contributed by atoms with Crippen molar-refractivity contribution in [1.29, 1.82) is 0 Å². The average molecular weight is 285 g/mol. The lowest BCUT2D eigenvalue weighted by Crippen LogP contribution is -2.25. The Balaban J connectivity index is 1.65. The summed E-state index contributed by atoms with van der Waals surface area (Å²) >= 11 is 0. The number of nitrogens with zero attached hydrogens (tertiary/aromatic N) is 1. The summed E-state index contributed by atoms with van der Waals surface area (Å²) in [6.07, 6.45) is 4.05. The van der Waals surface area contributed by atoms with Gasteiger partial charge in [-0.25, -0.2) is 0 Å². The molecule has 1 amide bonds. The number of carbonyl (C=O) groups is 1. The monoisotopic (exact) mass is 285 g/mol. The van der Waals surface area contributed by atoms with Crippen molar-refractivity contribution < 1.29 is 9.90 Å². The minimum atomic E-state index is -0.107. The number of nitrogens with two attached hydrogens (primary N) is 1. The second-order valence-corrected chi connectivity index (χ2v) is 5.45. The summed E-state index contributed by atoms with van der Waals surface area (Å²) in [4.78, 5) is 12.3. The minimum Gasteiger partial charge on any atom is -0.397 e. The van der Waals surface area contributed by atoms with Crippen LogP contribution < -0.4 is 11.1 Å². The number of nitrogen functional groups attached to an aromatic ring is 1. The van der Waals surface area contributed by atoms with Gasteiger partial charge in [0.2, 0.25) is 0 Å². The van der Waals surface area contributed by atoms with Crippen molar-refractivity contribution in [2.45, 2.75) is 32.0 Å². The van der Waals surface area contributed by atoms with Gasteiger partial charge >= 0.3 is 0 Å². The third kappa shape index (κ3) is 3.08. The minimum absolute atomic E-state index is 0.0286. The molecule has 1 fully saturated rings. The molecule has 3 rings (SSSR count). The summed E-state index contributed by atoms with van der Waals surface area (Å²) in [6, 6.07) is 9.66. The smallest absolute Gasteiger partial charge is 0.268 e. The van der Waals surface area contributed by atoms with Crippen LogP contribution in [0.2, 0.25) is 0 Å². The lowest BCUT2D eigenvalue weighted by molar-refractivity contribution is 0.0941. The number of rotatable bonds is 5. The van der Waals surface area contributed by atoms with Crippen LogP contribution in [0.15, 0.2) is 36.5 Å². The maximum atomic E-state index is 12.3. The van der Waals surface area contributed by atoms with Crippen molar-refractivity contribution in [2.24, 2.45) is 0 Å². The largest absolute Gasteiger partial charge is 0.397 e. The first-order chi connectivity index (χ1) is 10.2. The fourth-order valence-corrected chi connectivity index (χ4v) is 2.37. The van der Waals surface area contributed by atoms with Crippen LogP contribution in [0.25, 0.3) is 0 Å². The maximum absolute atomic E-state index is 12.3. The molecule has 0 atom stereocenters. The number of nitrogens with one attached hydrogen (secondary N) is 1. The molecule has 0 bridgehead atoms. The fraction of sp³-hybridized carbons (Fsp3) is 0.312. The molecule has 21 heavy (non-hydrogen) atoms. The zero-order valence-corrected chi connectivity index (χ0v) is 11.7. The summed E-state index contributed by atoms with van der Waals surface area (Å²) in [5.74, 6) is -0.107. The van der Waals surface area contributed by atoms with Gasteiger partial charge in [0.1, 0.15) is 5.69 Å². The SMILES string of the molecule is Nc1cc(C(=O)NCc2ccc(CO)cc2)n(C2CC2)c1. The number of amides is 1. The molecule has 0 radical (unpaired) electrons. The van der Waals surface area contributed by atoms with E-state index in [1.165, 1.54) is 0 Å². The summed E-state index contributed by atoms with van der Waals surface area (Å²) in [6.45, 7) is 0.487. The normalized spacial score (nSPS) is 14.1.